The van der Waals surface area contributed by atoms with Crippen molar-refractivity contribution < 1.29 is 14.3 Å². The van der Waals surface area contributed by atoms with E-state index in [-0.39, 0.29) is 11.4 Å². The number of amides is 2. The molecule has 0 aliphatic carbocycles. The van der Waals surface area contributed by atoms with Gasteiger partial charge in [-0.2, -0.15) is 0 Å². The maximum absolute atomic E-state index is 12.5. The molecule has 0 aliphatic heterocycles. The number of aromatic nitrogens is 2. The maximum Gasteiger partial charge on any atom is 0.338 e. The summed E-state index contributed by atoms with van der Waals surface area (Å²) in [6.07, 6.45) is -0.755. The summed E-state index contributed by atoms with van der Waals surface area (Å²) in [5.74, 6) is -0.313. The smallest absolute Gasteiger partial charge is 0.338 e. The quantitative estimate of drug-likeness (QED) is 0.406. The largest absolute Gasteiger partial charge is 0.451 e. The Hall–Kier alpha value is -4.46. The lowest BCUT2D eigenvalue weighted by atomic mass is 10.2. The Morgan fingerprint density at radius 1 is 0.875 bits per heavy atom. The molecule has 1 heterocycles. The number of carbonyl (C=O) groups is 2. The van der Waals surface area contributed by atoms with Crippen molar-refractivity contribution in [2.24, 2.45) is 0 Å². The normalized spacial score (nSPS) is 11.5. The lowest BCUT2D eigenvalue weighted by molar-refractivity contribution is 0.0320. The van der Waals surface area contributed by atoms with Gasteiger partial charge in [-0.1, -0.05) is 30.3 Å². The Labute approximate surface area is 183 Å². The summed E-state index contributed by atoms with van der Waals surface area (Å²) < 4.78 is 5.46. The molecule has 0 bridgehead atoms. The molecule has 8 nitrogen and oxygen atoms in total. The number of rotatable bonds is 5. The molecule has 0 aliphatic rings. The van der Waals surface area contributed by atoms with E-state index >= 15 is 0 Å². The van der Waals surface area contributed by atoms with Crippen LogP contribution < -0.4 is 16.2 Å². The molecule has 8 heteroatoms. The number of hydrogen-bond donors (Lipinski definition) is 3. The lowest BCUT2D eigenvalue weighted by Gasteiger charge is -2.13. The summed E-state index contributed by atoms with van der Waals surface area (Å²) in [6, 6.07) is 21.9. The SMILES string of the molecule is CC(OC(=O)c1ccc(NC(=O)Nc2ccccc2)cc1)c1nc2ccccc2c(=O)[nH]1. The fraction of sp³-hybridized carbons (Fsp3) is 0.0833. The molecule has 1 atom stereocenters. The van der Waals surface area contributed by atoms with Gasteiger partial charge in [-0.3, -0.25) is 4.79 Å². The van der Waals surface area contributed by atoms with E-state index < -0.39 is 18.1 Å². The summed E-state index contributed by atoms with van der Waals surface area (Å²) in [5.41, 5.74) is 1.72. The molecule has 0 saturated heterocycles. The highest BCUT2D eigenvalue weighted by Crippen LogP contribution is 2.18. The van der Waals surface area contributed by atoms with E-state index in [2.05, 4.69) is 20.6 Å². The van der Waals surface area contributed by atoms with E-state index in [0.29, 0.717) is 27.8 Å². The maximum atomic E-state index is 12.5. The second-order valence-corrected chi connectivity index (χ2v) is 7.04. The zero-order valence-electron chi connectivity index (χ0n) is 17.2. The summed E-state index contributed by atoms with van der Waals surface area (Å²) >= 11 is 0. The van der Waals surface area contributed by atoms with Crippen LogP contribution in [0.4, 0.5) is 16.2 Å². The molecule has 4 aromatic rings. The van der Waals surface area contributed by atoms with E-state index in [1.807, 2.05) is 18.2 Å². The third-order valence-electron chi connectivity index (χ3n) is 4.71. The number of benzene rings is 3. The Kier molecular flexibility index (Phi) is 5.94. The number of anilines is 2. The van der Waals surface area contributed by atoms with Crippen molar-refractivity contribution in [3.05, 3.63) is 101 Å². The Bertz CT molecular complexity index is 1320. The number of fused-ring (bicyclic) bond motifs is 1. The Morgan fingerprint density at radius 2 is 1.50 bits per heavy atom. The first-order valence-electron chi connectivity index (χ1n) is 9.92. The number of aromatic amines is 1. The van der Waals surface area contributed by atoms with Crippen LogP contribution in [0.1, 0.15) is 29.2 Å². The molecule has 0 radical (unpaired) electrons. The minimum atomic E-state index is -0.755. The summed E-state index contributed by atoms with van der Waals surface area (Å²) in [4.78, 5) is 43.8. The number of para-hydroxylation sites is 2. The van der Waals surface area contributed by atoms with E-state index in [1.165, 1.54) is 0 Å². The average Bonchev–Trinajstić information content (AvgIpc) is 2.80. The highest BCUT2D eigenvalue weighted by atomic mass is 16.5. The monoisotopic (exact) mass is 428 g/mol. The van der Waals surface area contributed by atoms with Crippen LogP contribution in [0, 0.1) is 0 Å². The molecular weight excluding hydrogens is 408 g/mol. The summed E-state index contributed by atoms with van der Waals surface area (Å²) in [6.45, 7) is 1.63. The molecule has 32 heavy (non-hydrogen) atoms. The van der Waals surface area contributed by atoms with Gasteiger partial charge in [-0.25, -0.2) is 14.6 Å². The van der Waals surface area contributed by atoms with Gasteiger partial charge in [0, 0.05) is 11.4 Å². The van der Waals surface area contributed by atoms with Crippen molar-refractivity contribution in [3.63, 3.8) is 0 Å². The highest BCUT2D eigenvalue weighted by molar-refractivity contribution is 6.00. The molecule has 2 amide bonds. The van der Waals surface area contributed by atoms with Crippen LogP contribution in [0.3, 0.4) is 0 Å². The summed E-state index contributed by atoms with van der Waals surface area (Å²) in [7, 11) is 0. The molecule has 0 saturated carbocycles. The van der Waals surface area contributed by atoms with Crippen molar-refractivity contribution in [1.82, 2.24) is 9.97 Å². The van der Waals surface area contributed by atoms with Gasteiger partial charge in [-0.05, 0) is 55.5 Å². The molecule has 0 fully saturated rings. The third-order valence-corrected chi connectivity index (χ3v) is 4.71. The fourth-order valence-electron chi connectivity index (χ4n) is 3.09. The molecule has 3 N–H and O–H groups in total. The number of esters is 1. The van der Waals surface area contributed by atoms with Gasteiger partial charge >= 0.3 is 12.0 Å². The van der Waals surface area contributed by atoms with Crippen molar-refractivity contribution in [2.45, 2.75) is 13.0 Å². The standard InChI is InChI=1S/C24H20N4O4/c1-15(21-27-20-10-6-5-9-19(20)22(29)28-21)32-23(30)16-11-13-18(14-12-16)26-24(31)25-17-7-3-2-4-8-17/h2-15H,1H3,(H2,25,26,31)(H,27,28,29). The van der Waals surface area contributed by atoms with Gasteiger partial charge in [0.2, 0.25) is 0 Å². The van der Waals surface area contributed by atoms with Gasteiger partial charge in [0.25, 0.3) is 5.56 Å². The van der Waals surface area contributed by atoms with Gasteiger partial charge < -0.3 is 20.4 Å². The molecule has 4 rings (SSSR count). The van der Waals surface area contributed by atoms with E-state index in [1.54, 1.807) is 67.6 Å². The first kappa shape index (κ1) is 20.8. The molecule has 1 aromatic heterocycles. The number of ether oxygens (including phenoxy) is 1. The zero-order valence-corrected chi connectivity index (χ0v) is 17.2. The average molecular weight is 428 g/mol. The van der Waals surface area contributed by atoms with E-state index in [4.69, 9.17) is 4.74 Å². The number of nitrogens with one attached hydrogen (secondary N) is 3. The molecule has 1 unspecified atom stereocenters. The first-order valence-corrected chi connectivity index (χ1v) is 9.92. The van der Waals surface area contributed by atoms with E-state index in [0.717, 1.165) is 0 Å². The predicted molar refractivity (Wildman–Crippen MR) is 122 cm³/mol. The van der Waals surface area contributed by atoms with Crippen LogP contribution in [0.25, 0.3) is 10.9 Å². The Balaban J connectivity index is 1.39. The number of carbonyl (C=O) groups excluding carboxylic acids is 2. The zero-order chi connectivity index (χ0) is 22.5. The summed E-state index contributed by atoms with van der Waals surface area (Å²) in [5, 5.41) is 5.87. The van der Waals surface area contributed by atoms with Crippen LogP contribution >= 0.6 is 0 Å². The minimum Gasteiger partial charge on any atom is -0.451 e. The lowest BCUT2D eigenvalue weighted by Crippen LogP contribution is -2.19. The van der Waals surface area contributed by atoms with Crippen LogP contribution in [-0.2, 0) is 4.74 Å². The van der Waals surface area contributed by atoms with Crippen LogP contribution in [0.2, 0.25) is 0 Å². The minimum absolute atomic E-state index is 0.262. The highest BCUT2D eigenvalue weighted by Gasteiger charge is 2.17. The van der Waals surface area contributed by atoms with Gasteiger partial charge in [0.15, 0.2) is 11.9 Å². The number of nitrogens with zero attached hydrogens (tertiary/aromatic N) is 1. The Morgan fingerprint density at radius 3 is 2.22 bits per heavy atom. The number of H-pyrrole nitrogens is 1. The van der Waals surface area contributed by atoms with Gasteiger partial charge in [-0.15, -0.1) is 0 Å². The van der Waals surface area contributed by atoms with Crippen LogP contribution in [0.5, 0.6) is 0 Å². The first-order chi connectivity index (χ1) is 15.5. The predicted octanol–water partition coefficient (Wildman–Crippen LogP) is 4.49. The van der Waals surface area contributed by atoms with Crippen molar-refractivity contribution in [2.75, 3.05) is 10.6 Å². The van der Waals surface area contributed by atoms with Crippen molar-refractivity contribution in [1.29, 1.82) is 0 Å². The number of hydrogen-bond acceptors (Lipinski definition) is 5. The van der Waals surface area contributed by atoms with Crippen molar-refractivity contribution in [3.8, 4) is 0 Å². The van der Waals surface area contributed by atoms with Crippen LogP contribution in [0.15, 0.2) is 83.7 Å². The second kappa shape index (κ2) is 9.13. The fourth-order valence-corrected chi connectivity index (χ4v) is 3.09. The second-order valence-electron chi connectivity index (χ2n) is 7.04. The third kappa shape index (κ3) is 4.81. The molecular formula is C24H20N4O4. The molecule has 3 aromatic carbocycles. The topological polar surface area (TPSA) is 113 Å². The van der Waals surface area contributed by atoms with Gasteiger partial charge in [0.1, 0.15) is 0 Å². The van der Waals surface area contributed by atoms with Crippen LogP contribution in [-0.4, -0.2) is 22.0 Å². The van der Waals surface area contributed by atoms with Gasteiger partial charge in [0.05, 0.1) is 16.5 Å². The number of urea groups is 1. The van der Waals surface area contributed by atoms with Crippen molar-refractivity contribution >= 4 is 34.3 Å². The van der Waals surface area contributed by atoms with E-state index in [9.17, 15) is 14.4 Å². The molecule has 160 valence electrons. The molecule has 0 spiro atoms.